The Morgan fingerprint density at radius 1 is 0.478 bits per heavy atom. The van der Waals surface area contributed by atoms with Crippen LogP contribution in [0.5, 0.6) is 0 Å². The van der Waals surface area contributed by atoms with Crippen LogP contribution < -0.4 is 0 Å². The third kappa shape index (κ3) is 8.55. The Labute approximate surface area is 435 Å². The fourth-order valence-electron chi connectivity index (χ4n) is 11.6. The summed E-state index contributed by atoms with van der Waals surface area (Å²) in [5, 5.41) is 30.6. The van der Waals surface area contributed by atoms with Crippen molar-refractivity contribution in [3.8, 4) is 19.5 Å². The van der Waals surface area contributed by atoms with E-state index in [1.54, 1.807) is 26.9 Å². The second-order valence-corrected chi connectivity index (χ2v) is 36.1. The molecule has 1 aliphatic rings. The molecule has 0 saturated heterocycles. The van der Waals surface area contributed by atoms with Gasteiger partial charge in [-0.3, -0.25) is 0 Å². The molecule has 2 nitrogen and oxygen atoms in total. The van der Waals surface area contributed by atoms with Crippen molar-refractivity contribution in [3.05, 3.63) is 163 Å². The Hall–Kier alpha value is -3.22. The Bertz CT molecular complexity index is 3180. The lowest BCUT2D eigenvalue weighted by atomic mass is 9.76. The Kier molecular flexibility index (Phi) is 13.5. The largest absolute Gasteiger partial charge is 0.376 e. The highest BCUT2D eigenvalue weighted by molar-refractivity contribution is 8.36. The zero-order valence-corrected chi connectivity index (χ0v) is 49.1. The van der Waals surface area contributed by atoms with Gasteiger partial charge in [0.25, 0.3) is 0 Å². The summed E-state index contributed by atoms with van der Waals surface area (Å²) in [4.78, 5) is 4.46. The molecule has 0 fully saturated rings. The molecule has 9 rings (SSSR count). The van der Waals surface area contributed by atoms with Gasteiger partial charge in [-0.25, -0.2) is 10.0 Å². The quantitative estimate of drug-likeness (QED) is 0.121. The summed E-state index contributed by atoms with van der Waals surface area (Å²) >= 11 is 9.28. The van der Waals surface area contributed by atoms with Gasteiger partial charge in [0.2, 0.25) is 0 Å². The van der Waals surface area contributed by atoms with Crippen LogP contribution in [-0.4, -0.2) is 44.7 Å². The van der Waals surface area contributed by atoms with Crippen molar-refractivity contribution in [1.82, 2.24) is 0 Å². The summed E-state index contributed by atoms with van der Waals surface area (Å²) in [6.07, 6.45) is 12.2. The highest BCUT2D eigenvalue weighted by atomic mass is 32.3. The van der Waals surface area contributed by atoms with Gasteiger partial charge in [0.1, 0.15) is 11.2 Å². The van der Waals surface area contributed by atoms with E-state index in [1.165, 1.54) is 24.1 Å². The molecule has 0 bridgehead atoms. The van der Waals surface area contributed by atoms with Crippen LogP contribution in [0.15, 0.2) is 111 Å². The summed E-state index contributed by atoms with van der Waals surface area (Å²) in [7, 11) is -2.15. The Morgan fingerprint density at radius 2 is 0.913 bits per heavy atom. The molecule has 5 aromatic heterocycles. The van der Waals surface area contributed by atoms with Gasteiger partial charge in [0.15, 0.2) is 0 Å². The van der Waals surface area contributed by atoms with E-state index in [-0.39, 0.29) is 0 Å². The fourth-order valence-corrected chi connectivity index (χ4v) is 27.1. The number of aryl methyl sites for hydroxylation is 6. The maximum absolute atomic E-state index is 14.5. The minimum atomic E-state index is -1.54. The van der Waals surface area contributed by atoms with E-state index in [1.807, 2.05) is 34.0 Å². The molecule has 1 atom stereocenters. The van der Waals surface area contributed by atoms with Crippen LogP contribution in [0, 0.1) is 41.5 Å². The molecule has 0 amide bonds. The van der Waals surface area contributed by atoms with Gasteiger partial charge in [-0.15, -0.1) is 56.7 Å². The van der Waals surface area contributed by atoms with Crippen molar-refractivity contribution in [3.63, 3.8) is 0 Å². The average molecular weight is 1050 g/mol. The molecule has 0 saturated carbocycles. The van der Waals surface area contributed by atoms with Gasteiger partial charge in [-0.05, 0) is 136 Å². The van der Waals surface area contributed by atoms with Crippen LogP contribution >= 0.6 is 76.7 Å². The fraction of sp³-hybridized carbons (Fsp3) is 0.367. The molecule has 9 heteroatoms. The van der Waals surface area contributed by atoms with Gasteiger partial charge in [-0.1, -0.05) is 147 Å². The second-order valence-electron chi connectivity index (χ2n) is 21.4. The smallest absolute Gasteiger partial charge is 0.143 e. The van der Waals surface area contributed by atoms with Gasteiger partial charge in [0, 0.05) is 38.7 Å². The molecule has 8 aromatic rings. The van der Waals surface area contributed by atoms with E-state index in [0.717, 1.165) is 90.8 Å². The SMILES string of the molecule is CC1=CCC(C(O)(c2cc(C)cc(C)c2)c2c(-c3cc4sc(S(C(C)C)(C(C)C)C(C)C)cc4s3)sc3c(C(O)(c4cc(C)cc(C)c4)c4cc(C)cc(C)c4)c(-c4ccc(S(C)(C)C)s4)sc23)=C1. The van der Waals surface area contributed by atoms with Crippen LogP contribution in [-0.2, 0) is 11.2 Å². The number of thiophene rings is 5. The zero-order valence-electron chi connectivity index (χ0n) is 43.4. The summed E-state index contributed by atoms with van der Waals surface area (Å²) < 4.78 is 7.64. The first-order valence-corrected chi connectivity index (χ1v) is 32.9. The van der Waals surface area contributed by atoms with Crippen LogP contribution in [0.2, 0.25) is 0 Å². The number of rotatable bonds is 13. The molecule has 1 aliphatic carbocycles. The first kappa shape index (κ1) is 50.7. The Morgan fingerprint density at radius 3 is 1.32 bits per heavy atom. The predicted molar refractivity (Wildman–Crippen MR) is 316 cm³/mol. The van der Waals surface area contributed by atoms with Crippen molar-refractivity contribution < 1.29 is 10.2 Å². The van der Waals surface area contributed by atoms with Gasteiger partial charge >= 0.3 is 0 Å². The third-order valence-corrected chi connectivity index (χ3v) is 29.8. The lowest BCUT2D eigenvalue weighted by Crippen LogP contribution is -2.30. The topological polar surface area (TPSA) is 40.5 Å². The first-order valence-electron chi connectivity index (χ1n) is 24.2. The minimum absolute atomic E-state index is 0.565. The van der Waals surface area contributed by atoms with Gasteiger partial charge in [0.05, 0.1) is 19.2 Å². The summed E-state index contributed by atoms with van der Waals surface area (Å²) in [5.41, 5.74) is 10.3. The van der Waals surface area contributed by atoms with Crippen molar-refractivity contribution in [2.24, 2.45) is 0 Å². The van der Waals surface area contributed by atoms with Crippen LogP contribution in [0.25, 0.3) is 38.3 Å². The molecule has 69 heavy (non-hydrogen) atoms. The molecular formula is C60H70O2S7. The summed E-state index contributed by atoms with van der Waals surface area (Å²) in [5.74, 6) is 0. The zero-order chi connectivity index (χ0) is 49.9. The predicted octanol–water partition coefficient (Wildman–Crippen LogP) is 18.7. The van der Waals surface area contributed by atoms with Crippen LogP contribution in [0.3, 0.4) is 0 Å². The number of benzene rings is 3. The van der Waals surface area contributed by atoms with Crippen molar-refractivity contribution >= 4 is 95.5 Å². The monoisotopic (exact) mass is 1050 g/mol. The normalized spacial score (nSPS) is 15.3. The maximum atomic E-state index is 14.5. The molecule has 0 spiro atoms. The van der Waals surface area contributed by atoms with E-state index < -0.39 is 31.3 Å². The second kappa shape index (κ2) is 18.4. The molecule has 1 unspecified atom stereocenters. The van der Waals surface area contributed by atoms with Crippen molar-refractivity contribution in [2.75, 3.05) is 18.8 Å². The number of hydrogen-bond donors (Lipinski definition) is 2. The van der Waals surface area contributed by atoms with Crippen molar-refractivity contribution in [1.29, 1.82) is 0 Å². The van der Waals surface area contributed by atoms with Crippen molar-refractivity contribution in [2.45, 2.75) is 132 Å². The molecule has 0 radical (unpaired) electrons. The molecule has 3 aromatic carbocycles. The first-order chi connectivity index (χ1) is 32.4. The molecular weight excluding hydrogens is 977 g/mol. The van der Waals surface area contributed by atoms with Crippen LogP contribution in [0.1, 0.15) is 116 Å². The number of hydrogen-bond acceptors (Lipinski definition) is 7. The summed E-state index contributed by atoms with van der Waals surface area (Å²) in [6.45, 7) is 29.6. The van der Waals surface area contributed by atoms with E-state index in [2.05, 4.69) is 200 Å². The number of aliphatic hydroxyl groups is 2. The highest BCUT2D eigenvalue weighted by Gasteiger charge is 2.47. The molecule has 364 valence electrons. The van der Waals surface area contributed by atoms with E-state index in [0.29, 0.717) is 22.2 Å². The summed E-state index contributed by atoms with van der Waals surface area (Å²) in [6, 6.07) is 29.4. The average Bonchev–Trinajstić information content (AvgIpc) is 4.09. The number of allylic oxidation sites excluding steroid dienone is 3. The highest BCUT2D eigenvalue weighted by Crippen LogP contribution is 2.69. The van der Waals surface area contributed by atoms with Gasteiger partial charge < -0.3 is 10.2 Å². The third-order valence-electron chi connectivity index (χ3n) is 14.2. The van der Waals surface area contributed by atoms with E-state index in [9.17, 15) is 10.2 Å². The van der Waals surface area contributed by atoms with Crippen LogP contribution in [0.4, 0.5) is 0 Å². The lowest BCUT2D eigenvalue weighted by molar-refractivity contribution is 0.121. The molecule has 2 N–H and O–H groups in total. The lowest BCUT2D eigenvalue weighted by Gasteiger charge is -2.50. The Balaban J connectivity index is 1.46. The van der Waals surface area contributed by atoms with E-state index in [4.69, 9.17) is 0 Å². The van der Waals surface area contributed by atoms with Gasteiger partial charge in [-0.2, -0.15) is 10.0 Å². The number of fused-ring (bicyclic) bond motifs is 2. The molecule has 5 heterocycles. The maximum Gasteiger partial charge on any atom is 0.143 e. The minimum Gasteiger partial charge on any atom is -0.376 e. The standard InChI is InChI=1S/C60H70O2S7/c1-33(2)69(34(3)4,35(5)6)52-32-49-48(65-52)31-50(63-49)56-54(59(61,43-18-17-36(7)24-43)44-25-37(8)21-38(9)26-44)58-57(67-56)53(55(66-58)47-19-20-51(64-47)68(14,15)16)60(62,45-27-39(10)22-40(11)28-45)46-29-41(12)23-42(13)30-46/h17,19-35,61-62H,18H2,1-16H3. The van der Waals surface area contributed by atoms with E-state index >= 15 is 0 Å². The molecule has 0 aliphatic heterocycles.